The molecule has 0 aliphatic heterocycles. The highest BCUT2D eigenvalue weighted by Crippen LogP contribution is 2.45. The molecule has 0 bridgehead atoms. The van der Waals surface area contributed by atoms with Crippen molar-refractivity contribution < 1.29 is 0 Å². The van der Waals surface area contributed by atoms with Crippen molar-refractivity contribution in [3.8, 4) is 0 Å². The maximum atomic E-state index is 3.56. The van der Waals surface area contributed by atoms with E-state index in [1.165, 1.54) is 11.1 Å². The van der Waals surface area contributed by atoms with Gasteiger partial charge < -0.3 is 0 Å². The van der Waals surface area contributed by atoms with Crippen LogP contribution in [-0.2, 0) is 4.75 Å². The quantitative estimate of drug-likeness (QED) is 0.768. The minimum absolute atomic E-state index is 0.0392. The normalized spacial score (nSPS) is 11.4. The molecule has 0 heterocycles. The third-order valence-corrected chi connectivity index (χ3v) is 5.53. The van der Waals surface area contributed by atoms with Gasteiger partial charge in [-0.15, -0.1) is 0 Å². The maximum absolute atomic E-state index is 3.56. The van der Waals surface area contributed by atoms with Crippen LogP contribution < -0.4 is 0 Å². The minimum Gasteiger partial charge on any atom is -0.0673 e. The van der Waals surface area contributed by atoms with Gasteiger partial charge in [-0.2, -0.15) is 0 Å². The van der Waals surface area contributed by atoms with E-state index in [4.69, 9.17) is 0 Å². The first-order chi connectivity index (χ1) is 7.77. The highest BCUT2D eigenvalue weighted by Gasteiger charge is 2.28. The standard InChI is InChI=1S/C14H13BrS/c1-14(16-15,12-8-4-2-5-9-12)13-10-6-3-7-11-13/h2-11H,1H3. The summed E-state index contributed by atoms with van der Waals surface area (Å²) in [5.74, 6) is 0. The summed E-state index contributed by atoms with van der Waals surface area (Å²) in [7, 11) is 1.69. The van der Waals surface area contributed by atoms with E-state index in [1.807, 2.05) is 12.1 Å². The highest BCUT2D eigenvalue weighted by molar-refractivity contribution is 9.50. The molecule has 2 heteroatoms. The molecule has 0 aromatic heterocycles. The van der Waals surface area contributed by atoms with Crippen LogP contribution in [0.2, 0.25) is 0 Å². The highest BCUT2D eigenvalue weighted by atomic mass is 79.9. The molecule has 0 aliphatic rings. The maximum Gasteiger partial charge on any atom is 0.0738 e. The summed E-state index contributed by atoms with van der Waals surface area (Å²) in [6, 6.07) is 21.1. The zero-order valence-electron chi connectivity index (χ0n) is 9.06. The molecule has 0 nitrogen and oxygen atoms in total. The summed E-state index contributed by atoms with van der Waals surface area (Å²) < 4.78 is -0.0392. The molecule has 0 radical (unpaired) electrons. The molecule has 0 amide bonds. The van der Waals surface area contributed by atoms with E-state index in [0.717, 1.165) is 0 Å². The van der Waals surface area contributed by atoms with E-state index in [2.05, 4.69) is 70.3 Å². The molecular weight excluding hydrogens is 280 g/mol. The fraction of sp³-hybridized carbons (Fsp3) is 0.143. The molecule has 0 N–H and O–H groups in total. The van der Waals surface area contributed by atoms with Crippen LogP contribution in [0.4, 0.5) is 0 Å². The van der Waals surface area contributed by atoms with Gasteiger partial charge in [-0.1, -0.05) is 70.9 Å². The molecule has 82 valence electrons. The van der Waals surface area contributed by atoms with Crippen molar-refractivity contribution in [2.24, 2.45) is 0 Å². The third kappa shape index (κ3) is 2.18. The fourth-order valence-electron chi connectivity index (χ4n) is 1.77. The van der Waals surface area contributed by atoms with Gasteiger partial charge in [0.2, 0.25) is 0 Å². The Morgan fingerprint density at radius 3 is 1.50 bits per heavy atom. The van der Waals surface area contributed by atoms with Gasteiger partial charge in [-0.3, -0.25) is 0 Å². The van der Waals surface area contributed by atoms with Gasteiger partial charge in [0.1, 0.15) is 0 Å². The molecule has 16 heavy (non-hydrogen) atoms. The summed E-state index contributed by atoms with van der Waals surface area (Å²) in [4.78, 5) is 0. The molecule has 0 fully saturated rings. The Hall–Kier alpha value is -0.730. The first kappa shape index (κ1) is 11.7. The van der Waals surface area contributed by atoms with Crippen molar-refractivity contribution in [3.05, 3.63) is 71.8 Å². The van der Waals surface area contributed by atoms with Gasteiger partial charge in [0, 0.05) is 0 Å². The zero-order chi connectivity index (χ0) is 11.4. The largest absolute Gasteiger partial charge is 0.0738 e. The van der Waals surface area contributed by atoms with Crippen LogP contribution in [0.3, 0.4) is 0 Å². The van der Waals surface area contributed by atoms with Crippen LogP contribution in [0.1, 0.15) is 18.1 Å². The van der Waals surface area contributed by atoms with Crippen LogP contribution in [0.15, 0.2) is 60.7 Å². The first-order valence-electron chi connectivity index (χ1n) is 5.18. The summed E-state index contributed by atoms with van der Waals surface area (Å²) in [6.45, 7) is 2.23. The Balaban J connectivity index is 2.49. The summed E-state index contributed by atoms with van der Waals surface area (Å²) in [5.41, 5.74) is 2.62. The van der Waals surface area contributed by atoms with E-state index in [9.17, 15) is 0 Å². The number of hydrogen-bond donors (Lipinski definition) is 0. The van der Waals surface area contributed by atoms with Crippen LogP contribution in [0.25, 0.3) is 0 Å². The van der Waals surface area contributed by atoms with E-state index in [1.54, 1.807) is 10.2 Å². The Bertz CT molecular complexity index is 399. The predicted molar refractivity (Wildman–Crippen MR) is 75.9 cm³/mol. The molecule has 0 saturated heterocycles. The van der Waals surface area contributed by atoms with Crippen molar-refractivity contribution in [2.45, 2.75) is 11.7 Å². The van der Waals surface area contributed by atoms with E-state index < -0.39 is 0 Å². The smallest absolute Gasteiger partial charge is 0.0673 e. The monoisotopic (exact) mass is 292 g/mol. The molecule has 0 aliphatic carbocycles. The minimum atomic E-state index is -0.0392. The molecule has 2 rings (SSSR count). The lowest BCUT2D eigenvalue weighted by molar-refractivity contribution is 0.846. The lowest BCUT2D eigenvalue weighted by Gasteiger charge is -2.27. The second-order valence-corrected chi connectivity index (χ2v) is 5.78. The van der Waals surface area contributed by atoms with Crippen molar-refractivity contribution in [2.75, 3.05) is 0 Å². The molecular formula is C14H13BrS. The number of rotatable bonds is 3. The number of halogens is 1. The van der Waals surface area contributed by atoms with Gasteiger partial charge in [0.25, 0.3) is 0 Å². The van der Waals surface area contributed by atoms with Crippen LogP contribution in [0.5, 0.6) is 0 Å². The SMILES string of the molecule is CC(SBr)(c1ccccc1)c1ccccc1. The van der Waals surface area contributed by atoms with Crippen LogP contribution in [0, 0.1) is 0 Å². The van der Waals surface area contributed by atoms with Crippen LogP contribution in [-0.4, -0.2) is 0 Å². The third-order valence-electron chi connectivity index (χ3n) is 2.80. The van der Waals surface area contributed by atoms with Crippen molar-refractivity contribution >= 4 is 25.0 Å². The molecule has 0 unspecified atom stereocenters. The Labute approximate surface area is 108 Å². The number of hydrogen-bond acceptors (Lipinski definition) is 1. The lowest BCUT2D eigenvalue weighted by atomic mass is 9.92. The van der Waals surface area contributed by atoms with Gasteiger partial charge >= 0.3 is 0 Å². The zero-order valence-corrected chi connectivity index (χ0v) is 11.5. The van der Waals surface area contributed by atoms with Gasteiger partial charge in [-0.05, 0) is 32.9 Å². The van der Waals surface area contributed by atoms with Crippen LogP contribution >= 0.6 is 25.0 Å². The average Bonchev–Trinajstić information content (AvgIpc) is 2.40. The molecule has 2 aromatic rings. The molecule has 0 spiro atoms. The predicted octanol–water partition coefficient (Wildman–Crippen LogP) is 4.99. The second-order valence-electron chi connectivity index (χ2n) is 3.84. The summed E-state index contributed by atoms with van der Waals surface area (Å²) in [5, 5.41) is 0. The van der Waals surface area contributed by atoms with Crippen molar-refractivity contribution in [3.63, 3.8) is 0 Å². The molecule has 0 saturated carbocycles. The van der Waals surface area contributed by atoms with Crippen molar-refractivity contribution in [1.82, 2.24) is 0 Å². The molecule has 0 atom stereocenters. The average molecular weight is 293 g/mol. The first-order valence-corrected chi connectivity index (χ1v) is 7.84. The Morgan fingerprint density at radius 2 is 1.19 bits per heavy atom. The lowest BCUT2D eigenvalue weighted by Crippen LogP contribution is -2.17. The van der Waals surface area contributed by atoms with E-state index in [0.29, 0.717) is 0 Å². The van der Waals surface area contributed by atoms with E-state index >= 15 is 0 Å². The van der Waals surface area contributed by atoms with Gasteiger partial charge in [-0.25, -0.2) is 0 Å². The summed E-state index contributed by atoms with van der Waals surface area (Å²) >= 11 is 3.56. The molecule has 2 aromatic carbocycles. The number of benzene rings is 2. The van der Waals surface area contributed by atoms with Gasteiger partial charge in [0.15, 0.2) is 0 Å². The van der Waals surface area contributed by atoms with Gasteiger partial charge in [0.05, 0.1) is 4.75 Å². The Kier molecular flexibility index (Phi) is 3.72. The fourth-order valence-corrected chi connectivity index (χ4v) is 3.34. The van der Waals surface area contributed by atoms with Crippen molar-refractivity contribution in [1.29, 1.82) is 0 Å². The Morgan fingerprint density at radius 1 is 0.812 bits per heavy atom. The van der Waals surface area contributed by atoms with E-state index in [-0.39, 0.29) is 4.75 Å². The second kappa shape index (κ2) is 5.07. The summed E-state index contributed by atoms with van der Waals surface area (Å²) in [6.07, 6.45) is 0. The topological polar surface area (TPSA) is 0 Å².